The first kappa shape index (κ1) is 17.7. The van der Waals surface area contributed by atoms with Crippen molar-refractivity contribution < 1.29 is 4.79 Å². The van der Waals surface area contributed by atoms with E-state index in [-0.39, 0.29) is 11.9 Å². The monoisotopic (exact) mass is 385 g/mol. The summed E-state index contributed by atoms with van der Waals surface area (Å²) >= 11 is 0. The Hall–Kier alpha value is -3.41. The fourth-order valence-electron chi connectivity index (χ4n) is 4.11. The van der Waals surface area contributed by atoms with Crippen LogP contribution in [-0.2, 0) is 11.8 Å². The number of anilines is 1. The molecule has 6 nitrogen and oxygen atoms in total. The number of aryl methyl sites for hydroxylation is 1. The van der Waals surface area contributed by atoms with E-state index in [0.717, 1.165) is 40.8 Å². The topological polar surface area (TPSA) is 63.1 Å². The molecule has 1 fully saturated rings. The van der Waals surface area contributed by atoms with Gasteiger partial charge in [-0.25, -0.2) is 0 Å². The van der Waals surface area contributed by atoms with Crippen molar-refractivity contribution in [3.63, 3.8) is 0 Å². The van der Waals surface area contributed by atoms with E-state index in [9.17, 15) is 4.79 Å². The highest BCUT2D eigenvalue weighted by Gasteiger charge is 2.23. The number of hydrogen-bond acceptors (Lipinski definition) is 4. The Labute approximate surface area is 169 Å². The highest BCUT2D eigenvalue weighted by atomic mass is 16.2. The molecule has 1 atom stereocenters. The number of likely N-dealkylation sites (tertiary alicyclic amines) is 1. The lowest BCUT2D eigenvalue weighted by Gasteiger charge is -2.30. The van der Waals surface area contributed by atoms with Crippen LogP contribution in [0.2, 0.25) is 0 Å². The van der Waals surface area contributed by atoms with Gasteiger partial charge < -0.3 is 14.8 Å². The van der Waals surface area contributed by atoms with Gasteiger partial charge in [-0.15, -0.1) is 0 Å². The van der Waals surface area contributed by atoms with E-state index in [0.29, 0.717) is 6.42 Å². The number of nitrogens with zero attached hydrogens (tertiary/aromatic N) is 4. The van der Waals surface area contributed by atoms with Crippen LogP contribution >= 0.6 is 0 Å². The standard InChI is InChI=1S/C23H23N5O/c1-27-9-5-15-3-4-16(11-21(15)27)19-12-18(13-20-23(19)25-8-7-24-20)26-17-6-10-28(2)22(29)14-17/h3-5,7-9,11-13,17,26H,6,10,14H2,1-2H3. The van der Waals surface area contributed by atoms with Gasteiger partial charge in [0.25, 0.3) is 0 Å². The average molecular weight is 385 g/mol. The van der Waals surface area contributed by atoms with Gasteiger partial charge in [0.15, 0.2) is 0 Å². The van der Waals surface area contributed by atoms with Gasteiger partial charge in [-0.05, 0) is 41.6 Å². The zero-order valence-electron chi connectivity index (χ0n) is 16.6. The molecule has 0 bridgehead atoms. The normalized spacial score (nSPS) is 17.2. The maximum Gasteiger partial charge on any atom is 0.224 e. The number of aromatic nitrogens is 3. The first-order valence-corrected chi connectivity index (χ1v) is 9.89. The van der Waals surface area contributed by atoms with Crippen molar-refractivity contribution in [3.05, 3.63) is 55.0 Å². The predicted molar refractivity (Wildman–Crippen MR) is 116 cm³/mol. The molecule has 29 heavy (non-hydrogen) atoms. The van der Waals surface area contributed by atoms with Gasteiger partial charge in [0.2, 0.25) is 5.91 Å². The molecule has 0 saturated carbocycles. The van der Waals surface area contributed by atoms with Crippen LogP contribution in [0.5, 0.6) is 0 Å². The fourth-order valence-corrected chi connectivity index (χ4v) is 4.11. The molecule has 146 valence electrons. The molecule has 0 radical (unpaired) electrons. The summed E-state index contributed by atoms with van der Waals surface area (Å²) in [4.78, 5) is 23.0. The first-order chi connectivity index (χ1) is 14.1. The van der Waals surface area contributed by atoms with Crippen molar-refractivity contribution >= 4 is 33.5 Å². The summed E-state index contributed by atoms with van der Waals surface area (Å²) in [6.07, 6.45) is 6.97. The maximum atomic E-state index is 12.1. The number of nitrogens with one attached hydrogen (secondary N) is 1. The average Bonchev–Trinajstić information content (AvgIpc) is 3.10. The van der Waals surface area contributed by atoms with Gasteiger partial charge >= 0.3 is 0 Å². The van der Waals surface area contributed by atoms with Gasteiger partial charge in [-0.1, -0.05) is 12.1 Å². The second-order valence-electron chi connectivity index (χ2n) is 7.80. The van der Waals surface area contributed by atoms with Gasteiger partial charge in [-0.3, -0.25) is 14.8 Å². The van der Waals surface area contributed by atoms with Crippen molar-refractivity contribution in [1.29, 1.82) is 0 Å². The third-order valence-electron chi connectivity index (χ3n) is 5.80. The summed E-state index contributed by atoms with van der Waals surface area (Å²) in [7, 11) is 3.92. The minimum atomic E-state index is 0.135. The SMILES string of the molecule is CN1CCC(Nc2cc(-c3ccc4ccn(C)c4c3)c3nccnc3c2)CC1=O. The van der Waals surface area contributed by atoms with Crippen LogP contribution in [0.15, 0.2) is 55.0 Å². The molecule has 4 aromatic rings. The van der Waals surface area contributed by atoms with E-state index < -0.39 is 0 Å². The zero-order valence-corrected chi connectivity index (χ0v) is 16.6. The van der Waals surface area contributed by atoms with Crippen molar-refractivity contribution in [2.75, 3.05) is 18.9 Å². The highest BCUT2D eigenvalue weighted by molar-refractivity contribution is 5.97. The summed E-state index contributed by atoms with van der Waals surface area (Å²) in [6, 6.07) is 12.9. The quantitative estimate of drug-likeness (QED) is 0.582. The molecule has 1 N–H and O–H groups in total. The first-order valence-electron chi connectivity index (χ1n) is 9.89. The molecular formula is C23H23N5O. The van der Waals surface area contributed by atoms with Crippen LogP contribution < -0.4 is 5.32 Å². The fraction of sp³-hybridized carbons (Fsp3) is 0.261. The number of carbonyl (C=O) groups excluding carboxylic acids is 1. The third-order valence-corrected chi connectivity index (χ3v) is 5.80. The molecule has 6 heteroatoms. The third kappa shape index (κ3) is 3.20. The Bertz CT molecular complexity index is 1230. The van der Waals surface area contributed by atoms with Crippen molar-refractivity contribution in [2.24, 2.45) is 7.05 Å². The van der Waals surface area contributed by atoms with Crippen molar-refractivity contribution in [3.8, 4) is 11.1 Å². The van der Waals surface area contributed by atoms with Gasteiger partial charge in [0, 0.05) is 68.5 Å². The molecule has 3 heterocycles. The van der Waals surface area contributed by atoms with Gasteiger partial charge in [0.05, 0.1) is 11.0 Å². The molecule has 1 aliphatic rings. The largest absolute Gasteiger partial charge is 0.382 e. The molecule has 1 amide bonds. The molecule has 1 saturated heterocycles. The second-order valence-corrected chi connectivity index (χ2v) is 7.80. The Morgan fingerprint density at radius 1 is 1.07 bits per heavy atom. The summed E-state index contributed by atoms with van der Waals surface area (Å²) in [5.74, 6) is 0.184. The number of rotatable bonds is 3. The van der Waals surface area contributed by atoms with Gasteiger partial charge in [0.1, 0.15) is 0 Å². The summed E-state index contributed by atoms with van der Waals surface area (Å²) < 4.78 is 2.12. The van der Waals surface area contributed by atoms with Crippen LogP contribution in [0.25, 0.3) is 33.1 Å². The molecule has 2 aromatic heterocycles. The number of benzene rings is 2. The van der Waals surface area contributed by atoms with E-state index >= 15 is 0 Å². The lowest BCUT2D eigenvalue weighted by atomic mass is 10.00. The zero-order chi connectivity index (χ0) is 20.0. The molecule has 0 spiro atoms. The van der Waals surface area contributed by atoms with Crippen molar-refractivity contribution in [1.82, 2.24) is 19.4 Å². The van der Waals surface area contributed by atoms with E-state index in [1.54, 1.807) is 17.3 Å². The number of carbonyl (C=O) groups is 1. The Morgan fingerprint density at radius 2 is 1.93 bits per heavy atom. The Kier molecular flexibility index (Phi) is 4.19. The van der Waals surface area contributed by atoms with E-state index in [1.807, 2.05) is 13.1 Å². The van der Waals surface area contributed by atoms with Crippen LogP contribution in [-0.4, -0.2) is 45.0 Å². The minimum Gasteiger partial charge on any atom is -0.382 e. The molecule has 5 rings (SSSR count). The summed E-state index contributed by atoms with van der Waals surface area (Å²) in [6.45, 7) is 0.779. The minimum absolute atomic E-state index is 0.135. The highest BCUT2D eigenvalue weighted by Crippen LogP contribution is 2.32. The Balaban J connectivity index is 1.58. The molecule has 2 aromatic carbocycles. The second kappa shape index (κ2) is 6.88. The summed E-state index contributed by atoms with van der Waals surface area (Å²) in [5, 5.41) is 4.77. The maximum absolute atomic E-state index is 12.1. The van der Waals surface area contributed by atoms with Crippen LogP contribution in [0, 0.1) is 0 Å². The lowest BCUT2D eigenvalue weighted by molar-refractivity contribution is -0.132. The van der Waals surface area contributed by atoms with Gasteiger partial charge in [-0.2, -0.15) is 0 Å². The van der Waals surface area contributed by atoms with Crippen LogP contribution in [0.3, 0.4) is 0 Å². The number of amides is 1. The summed E-state index contributed by atoms with van der Waals surface area (Å²) in [5.41, 5.74) is 6.03. The smallest absolute Gasteiger partial charge is 0.224 e. The molecular weight excluding hydrogens is 362 g/mol. The van der Waals surface area contributed by atoms with E-state index in [2.05, 4.69) is 63.4 Å². The van der Waals surface area contributed by atoms with Crippen LogP contribution in [0.4, 0.5) is 5.69 Å². The van der Waals surface area contributed by atoms with E-state index in [4.69, 9.17) is 0 Å². The van der Waals surface area contributed by atoms with E-state index in [1.165, 1.54) is 10.9 Å². The molecule has 0 aliphatic carbocycles. The van der Waals surface area contributed by atoms with Crippen LogP contribution in [0.1, 0.15) is 12.8 Å². The van der Waals surface area contributed by atoms with Crippen molar-refractivity contribution in [2.45, 2.75) is 18.9 Å². The predicted octanol–water partition coefficient (Wildman–Crippen LogP) is 3.82. The Morgan fingerprint density at radius 3 is 2.79 bits per heavy atom. The molecule has 1 unspecified atom stereocenters. The number of hydrogen-bond donors (Lipinski definition) is 1. The lowest BCUT2D eigenvalue weighted by Crippen LogP contribution is -2.40. The number of piperidine rings is 1. The number of fused-ring (bicyclic) bond motifs is 2. The molecule has 1 aliphatic heterocycles.